The number of nitrogens with zero attached hydrogens (tertiary/aromatic N) is 1. The van der Waals surface area contributed by atoms with Crippen LogP contribution in [0.25, 0.3) is 0 Å². The van der Waals surface area contributed by atoms with E-state index in [-0.39, 0.29) is 39.3 Å². The molecule has 0 saturated carbocycles. The Morgan fingerprint density at radius 2 is 1.89 bits per heavy atom. The molecule has 0 spiro atoms. The maximum atomic E-state index is 12.3. The van der Waals surface area contributed by atoms with E-state index in [1.165, 1.54) is 12.1 Å². The summed E-state index contributed by atoms with van der Waals surface area (Å²) in [4.78, 5) is 24.7. The summed E-state index contributed by atoms with van der Waals surface area (Å²) in [6.07, 6.45) is 1.11. The maximum absolute atomic E-state index is 12.3. The molecule has 9 heteroatoms. The molecule has 0 atom stereocenters. The second-order valence-corrected chi connectivity index (χ2v) is 8.77. The van der Waals surface area contributed by atoms with Gasteiger partial charge in [0.25, 0.3) is 0 Å². The Hall–Kier alpha value is -2.70. The molecule has 0 aliphatic heterocycles. The molecule has 0 saturated heterocycles. The average Bonchev–Trinajstić information content (AvgIpc) is 2.90. The normalized spacial score (nSPS) is 10.9. The Morgan fingerprint density at radius 1 is 1.26 bits per heavy atom. The fraction of sp³-hybridized carbons (Fsp3) is 0.278. The van der Waals surface area contributed by atoms with Crippen molar-refractivity contribution in [3.05, 3.63) is 45.8 Å². The minimum absolute atomic E-state index is 0.000593. The summed E-state index contributed by atoms with van der Waals surface area (Å²) in [6, 6.07) is 7.99. The van der Waals surface area contributed by atoms with Gasteiger partial charge in [-0.1, -0.05) is 12.1 Å². The topological polar surface area (TPSA) is 113 Å². The number of rotatable bonds is 6. The predicted octanol–water partition coefficient (Wildman–Crippen LogP) is 2.69. The van der Waals surface area contributed by atoms with E-state index >= 15 is 0 Å². The van der Waals surface area contributed by atoms with Crippen LogP contribution in [0.2, 0.25) is 0 Å². The molecule has 1 heterocycles. The Bertz CT molecular complexity index is 1020. The van der Waals surface area contributed by atoms with E-state index in [1.54, 1.807) is 26.0 Å². The lowest BCUT2D eigenvalue weighted by atomic mass is 10.1. The second kappa shape index (κ2) is 8.33. The summed E-state index contributed by atoms with van der Waals surface area (Å²) in [7, 11) is -3.30. The molecule has 2 rings (SSSR count). The number of ether oxygens (including phenoxy) is 1. The highest BCUT2D eigenvalue weighted by Gasteiger charge is 2.22. The largest absolute Gasteiger partial charge is 0.462 e. The molecule has 0 radical (unpaired) electrons. The van der Waals surface area contributed by atoms with Gasteiger partial charge in [-0.15, -0.1) is 11.3 Å². The Kier molecular flexibility index (Phi) is 6.36. The van der Waals surface area contributed by atoms with E-state index in [4.69, 9.17) is 4.74 Å². The van der Waals surface area contributed by atoms with Crippen LogP contribution in [0, 0.1) is 18.3 Å². The fourth-order valence-corrected chi connectivity index (χ4v) is 4.04. The molecule has 0 unspecified atom stereocenters. The van der Waals surface area contributed by atoms with Gasteiger partial charge in [-0.3, -0.25) is 4.79 Å². The van der Waals surface area contributed by atoms with Crippen molar-refractivity contribution >= 4 is 38.1 Å². The lowest BCUT2D eigenvalue weighted by molar-refractivity contribution is -0.115. The molecular formula is C18H18N2O5S2. The van der Waals surface area contributed by atoms with Crippen LogP contribution in [0.15, 0.2) is 29.2 Å². The van der Waals surface area contributed by atoms with Gasteiger partial charge in [-0.2, -0.15) is 5.26 Å². The molecule has 0 bridgehead atoms. The van der Waals surface area contributed by atoms with Gasteiger partial charge < -0.3 is 10.1 Å². The Labute approximate surface area is 161 Å². The number of carbonyl (C=O) groups is 2. The third-order valence-electron chi connectivity index (χ3n) is 3.69. The van der Waals surface area contributed by atoms with Crippen LogP contribution in [0.4, 0.5) is 5.00 Å². The van der Waals surface area contributed by atoms with Crippen LogP contribution in [-0.2, 0) is 25.8 Å². The van der Waals surface area contributed by atoms with Gasteiger partial charge in [0.2, 0.25) is 5.91 Å². The number of thiophene rings is 1. The molecule has 2 aromatic rings. The third-order valence-corrected chi connectivity index (χ3v) is 6.00. The standard InChI is InChI=1S/C18H18N2O5S2/c1-4-25-18(22)16-11(2)14(10-19)17(26-16)20-15(21)9-12-5-7-13(8-6-12)27(3,23)24/h5-8H,4,9H2,1-3H3,(H,20,21). The summed E-state index contributed by atoms with van der Waals surface area (Å²) in [5, 5.41) is 12.3. The van der Waals surface area contributed by atoms with Gasteiger partial charge >= 0.3 is 5.97 Å². The Morgan fingerprint density at radius 3 is 2.41 bits per heavy atom. The van der Waals surface area contributed by atoms with Gasteiger partial charge in [0.1, 0.15) is 15.9 Å². The highest BCUT2D eigenvalue weighted by atomic mass is 32.2. The van der Waals surface area contributed by atoms with E-state index in [9.17, 15) is 23.3 Å². The molecule has 1 amide bonds. The van der Waals surface area contributed by atoms with Gasteiger partial charge in [0.05, 0.1) is 23.5 Å². The van der Waals surface area contributed by atoms with Crippen molar-refractivity contribution in [2.24, 2.45) is 0 Å². The van der Waals surface area contributed by atoms with E-state index in [2.05, 4.69) is 5.32 Å². The van der Waals surface area contributed by atoms with Crippen LogP contribution >= 0.6 is 11.3 Å². The van der Waals surface area contributed by atoms with Crippen molar-refractivity contribution in [2.45, 2.75) is 25.2 Å². The van der Waals surface area contributed by atoms with E-state index < -0.39 is 15.8 Å². The molecule has 1 aromatic heterocycles. The number of nitrogens with one attached hydrogen (secondary N) is 1. The van der Waals surface area contributed by atoms with Gasteiger partial charge in [-0.05, 0) is 37.1 Å². The average molecular weight is 406 g/mol. The van der Waals surface area contributed by atoms with Crippen LogP contribution in [0.3, 0.4) is 0 Å². The smallest absolute Gasteiger partial charge is 0.348 e. The zero-order chi connectivity index (χ0) is 20.2. The van der Waals surface area contributed by atoms with Gasteiger partial charge in [0.15, 0.2) is 9.84 Å². The summed E-state index contributed by atoms with van der Waals surface area (Å²) in [5.41, 5.74) is 1.31. The van der Waals surface area contributed by atoms with Crippen molar-refractivity contribution in [1.82, 2.24) is 0 Å². The second-order valence-electron chi connectivity index (χ2n) is 5.73. The molecule has 1 aromatic carbocycles. The highest BCUT2D eigenvalue weighted by molar-refractivity contribution is 7.90. The minimum atomic E-state index is -3.30. The molecular weight excluding hydrogens is 388 g/mol. The number of amides is 1. The third kappa shape index (κ3) is 4.93. The molecule has 0 aliphatic carbocycles. The van der Waals surface area contributed by atoms with Crippen LogP contribution in [0.5, 0.6) is 0 Å². The maximum Gasteiger partial charge on any atom is 0.348 e. The number of nitriles is 1. The van der Waals surface area contributed by atoms with Crippen molar-refractivity contribution in [3.63, 3.8) is 0 Å². The number of anilines is 1. The van der Waals surface area contributed by atoms with Crippen molar-refractivity contribution < 1.29 is 22.7 Å². The van der Waals surface area contributed by atoms with Crippen LogP contribution in [0.1, 0.15) is 33.3 Å². The molecule has 27 heavy (non-hydrogen) atoms. The number of carbonyl (C=O) groups excluding carboxylic acids is 2. The molecule has 0 aliphatic rings. The van der Waals surface area contributed by atoms with Crippen molar-refractivity contribution in [1.29, 1.82) is 5.26 Å². The number of hydrogen-bond acceptors (Lipinski definition) is 7. The zero-order valence-corrected chi connectivity index (χ0v) is 16.7. The lowest BCUT2D eigenvalue weighted by Gasteiger charge is -2.05. The Balaban J connectivity index is 2.17. The summed E-state index contributed by atoms with van der Waals surface area (Å²) < 4.78 is 27.9. The highest BCUT2D eigenvalue weighted by Crippen LogP contribution is 2.33. The molecule has 7 nitrogen and oxygen atoms in total. The summed E-state index contributed by atoms with van der Waals surface area (Å²) in [5.74, 6) is -0.913. The number of sulfone groups is 1. The predicted molar refractivity (Wildman–Crippen MR) is 102 cm³/mol. The first-order valence-electron chi connectivity index (χ1n) is 7.96. The van der Waals surface area contributed by atoms with Gasteiger partial charge in [0, 0.05) is 6.26 Å². The summed E-state index contributed by atoms with van der Waals surface area (Å²) in [6.45, 7) is 3.52. The lowest BCUT2D eigenvalue weighted by Crippen LogP contribution is -2.14. The number of esters is 1. The fourth-order valence-electron chi connectivity index (χ4n) is 2.34. The molecule has 1 N–H and O–H groups in total. The number of hydrogen-bond donors (Lipinski definition) is 1. The number of benzene rings is 1. The van der Waals surface area contributed by atoms with Crippen molar-refractivity contribution in [2.75, 3.05) is 18.2 Å². The minimum Gasteiger partial charge on any atom is -0.462 e. The van der Waals surface area contributed by atoms with Crippen LogP contribution < -0.4 is 5.32 Å². The van der Waals surface area contributed by atoms with Crippen LogP contribution in [-0.4, -0.2) is 33.2 Å². The van der Waals surface area contributed by atoms with E-state index in [1.807, 2.05) is 6.07 Å². The summed E-state index contributed by atoms with van der Waals surface area (Å²) >= 11 is 0.995. The van der Waals surface area contributed by atoms with Gasteiger partial charge in [-0.25, -0.2) is 13.2 Å². The zero-order valence-electron chi connectivity index (χ0n) is 15.0. The first kappa shape index (κ1) is 20.6. The van der Waals surface area contributed by atoms with E-state index in [0.717, 1.165) is 17.6 Å². The van der Waals surface area contributed by atoms with E-state index in [0.29, 0.717) is 11.1 Å². The first-order valence-corrected chi connectivity index (χ1v) is 10.7. The SMILES string of the molecule is CCOC(=O)c1sc(NC(=O)Cc2ccc(S(C)(=O)=O)cc2)c(C#N)c1C. The van der Waals surface area contributed by atoms with Crippen molar-refractivity contribution in [3.8, 4) is 6.07 Å². The molecule has 142 valence electrons. The molecule has 0 fully saturated rings. The quantitative estimate of drug-likeness (QED) is 0.738. The monoisotopic (exact) mass is 406 g/mol. The first-order chi connectivity index (χ1) is 12.7.